The van der Waals surface area contributed by atoms with E-state index in [1.165, 1.54) is 5.56 Å². The van der Waals surface area contributed by atoms with Crippen LogP contribution in [-0.4, -0.2) is 30.9 Å². The topological polar surface area (TPSA) is 41.5 Å². The molecule has 108 valence electrons. The third-order valence-electron chi connectivity index (χ3n) is 3.64. The molecule has 1 unspecified atom stereocenters. The number of nitrogens with one attached hydrogen (secondary N) is 1. The monoisotopic (exact) mass is 265 g/mol. The van der Waals surface area contributed by atoms with Crippen LogP contribution in [0.4, 0.5) is 0 Å². The molecule has 0 aliphatic heterocycles. The predicted molar refractivity (Wildman–Crippen MR) is 79.8 cm³/mol. The summed E-state index contributed by atoms with van der Waals surface area (Å²) in [4.78, 5) is 0. The van der Waals surface area contributed by atoms with E-state index in [2.05, 4.69) is 31.3 Å². The van der Waals surface area contributed by atoms with Crippen molar-refractivity contribution in [3.05, 3.63) is 29.8 Å². The summed E-state index contributed by atoms with van der Waals surface area (Å²) in [5.74, 6) is 1.47. The lowest BCUT2D eigenvalue weighted by Gasteiger charge is -2.26. The van der Waals surface area contributed by atoms with Gasteiger partial charge in [0, 0.05) is 5.54 Å². The van der Waals surface area contributed by atoms with Crippen LogP contribution < -0.4 is 10.1 Å². The highest BCUT2D eigenvalue weighted by atomic mass is 16.5. The minimum Gasteiger partial charge on any atom is -0.494 e. The van der Waals surface area contributed by atoms with E-state index in [0.29, 0.717) is 12.5 Å². The summed E-state index contributed by atoms with van der Waals surface area (Å²) in [5, 5.41) is 12.4. The lowest BCUT2D eigenvalue weighted by Crippen LogP contribution is -2.43. The SMILES string of the molecule is CNC(C)(CO)CCCOc1ccc(C(C)C)cc1. The Hall–Kier alpha value is -1.06. The van der Waals surface area contributed by atoms with E-state index in [-0.39, 0.29) is 12.1 Å². The Bertz CT molecular complexity index is 356. The van der Waals surface area contributed by atoms with E-state index in [4.69, 9.17) is 4.74 Å². The van der Waals surface area contributed by atoms with E-state index in [9.17, 15) is 5.11 Å². The fourth-order valence-corrected chi connectivity index (χ4v) is 1.88. The van der Waals surface area contributed by atoms with Gasteiger partial charge in [-0.2, -0.15) is 0 Å². The van der Waals surface area contributed by atoms with Crippen LogP contribution >= 0.6 is 0 Å². The largest absolute Gasteiger partial charge is 0.494 e. The van der Waals surface area contributed by atoms with E-state index in [0.717, 1.165) is 18.6 Å². The van der Waals surface area contributed by atoms with Gasteiger partial charge in [-0.05, 0) is 50.4 Å². The zero-order valence-corrected chi connectivity index (χ0v) is 12.6. The Morgan fingerprint density at radius 3 is 2.37 bits per heavy atom. The smallest absolute Gasteiger partial charge is 0.119 e. The Kier molecular flexibility index (Phi) is 6.32. The van der Waals surface area contributed by atoms with Crippen molar-refractivity contribution < 1.29 is 9.84 Å². The first-order chi connectivity index (χ1) is 9.00. The molecule has 2 N–H and O–H groups in total. The van der Waals surface area contributed by atoms with Crippen molar-refractivity contribution in [3.63, 3.8) is 0 Å². The minimum absolute atomic E-state index is 0.145. The molecule has 0 aliphatic rings. The second-order valence-electron chi connectivity index (χ2n) is 5.64. The second kappa shape index (κ2) is 7.51. The van der Waals surface area contributed by atoms with Crippen LogP contribution in [0.25, 0.3) is 0 Å². The molecular formula is C16H27NO2. The fourth-order valence-electron chi connectivity index (χ4n) is 1.88. The van der Waals surface area contributed by atoms with Crippen LogP contribution in [0.3, 0.4) is 0 Å². The highest BCUT2D eigenvalue weighted by molar-refractivity contribution is 5.28. The van der Waals surface area contributed by atoms with Crippen molar-refractivity contribution in [3.8, 4) is 5.75 Å². The van der Waals surface area contributed by atoms with Gasteiger partial charge >= 0.3 is 0 Å². The molecule has 1 aromatic carbocycles. The van der Waals surface area contributed by atoms with Gasteiger partial charge in [0.2, 0.25) is 0 Å². The molecule has 0 saturated heterocycles. The molecule has 0 aliphatic carbocycles. The number of aliphatic hydroxyl groups excluding tert-OH is 1. The zero-order chi connectivity index (χ0) is 14.3. The molecule has 19 heavy (non-hydrogen) atoms. The van der Waals surface area contributed by atoms with Crippen molar-refractivity contribution in [2.24, 2.45) is 0 Å². The first kappa shape index (κ1) is 16.0. The lowest BCUT2D eigenvalue weighted by atomic mass is 9.97. The van der Waals surface area contributed by atoms with E-state index in [1.54, 1.807) is 0 Å². The Morgan fingerprint density at radius 2 is 1.89 bits per heavy atom. The van der Waals surface area contributed by atoms with Crippen LogP contribution in [-0.2, 0) is 0 Å². The average Bonchev–Trinajstić information content (AvgIpc) is 2.44. The van der Waals surface area contributed by atoms with Crippen molar-refractivity contribution in [2.75, 3.05) is 20.3 Å². The van der Waals surface area contributed by atoms with Crippen LogP contribution in [0.2, 0.25) is 0 Å². The molecule has 0 bridgehead atoms. The van der Waals surface area contributed by atoms with Gasteiger partial charge in [0.25, 0.3) is 0 Å². The maximum Gasteiger partial charge on any atom is 0.119 e. The Labute approximate surface area is 117 Å². The van der Waals surface area contributed by atoms with Gasteiger partial charge in [-0.15, -0.1) is 0 Å². The Balaban J connectivity index is 2.33. The number of rotatable bonds is 8. The molecule has 1 aromatic rings. The molecule has 0 saturated carbocycles. The first-order valence-corrected chi connectivity index (χ1v) is 7.03. The minimum atomic E-state index is -0.204. The van der Waals surface area contributed by atoms with Crippen molar-refractivity contribution in [1.82, 2.24) is 5.32 Å². The quantitative estimate of drug-likeness (QED) is 0.710. The van der Waals surface area contributed by atoms with Crippen molar-refractivity contribution in [2.45, 2.75) is 45.1 Å². The second-order valence-corrected chi connectivity index (χ2v) is 5.64. The molecule has 0 heterocycles. The number of aliphatic hydroxyl groups is 1. The fraction of sp³-hybridized carbons (Fsp3) is 0.625. The molecule has 0 spiro atoms. The first-order valence-electron chi connectivity index (χ1n) is 7.03. The summed E-state index contributed by atoms with van der Waals surface area (Å²) >= 11 is 0. The highest BCUT2D eigenvalue weighted by Crippen LogP contribution is 2.19. The summed E-state index contributed by atoms with van der Waals surface area (Å²) in [6.07, 6.45) is 1.81. The van der Waals surface area contributed by atoms with Gasteiger partial charge in [-0.1, -0.05) is 26.0 Å². The highest BCUT2D eigenvalue weighted by Gasteiger charge is 2.19. The van der Waals surface area contributed by atoms with Crippen molar-refractivity contribution in [1.29, 1.82) is 0 Å². The molecule has 1 rings (SSSR count). The summed E-state index contributed by atoms with van der Waals surface area (Å²) in [5.41, 5.74) is 1.13. The molecule has 3 nitrogen and oxygen atoms in total. The van der Waals surface area contributed by atoms with Gasteiger partial charge in [0.05, 0.1) is 13.2 Å². The number of ether oxygens (including phenoxy) is 1. The molecular weight excluding hydrogens is 238 g/mol. The molecule has 0 amide bonds. The molecule has 0 radical (unpaired) electrons. The number of likely N-dealkylation sites (N-methyl/N-ethyl adjacent to an activating group) is 1. The Morgan fingerprint density at radius 1 is 1.26 bits per heavy atom. The summed E-state index contributed by atoms with van der Waals surface area (Å²) < 4.78 is 5.72. The molecule has 1 atom stereocenters. The number of benzene rings is 1. The lowest BCUT2D eigenvalue weighted by molar-refractivity contribution is 0.163. The molecule has 0 aromatic heterocycles. The average molecular weight is 265 g/mol. The molecule has 3 heteroatoms. The third-order valence-corrected chi connectivity index (χ3v) is 3.64. The maximum atomic E-state index is 9.28. The normalized spacial score (nSPS) is 14.4. The predicted octanol–water partition coefficient (Wildman–Crippen LogP) is 2.94. The summed E-state index contributed by atoms with van der Waals surface area (Å²) in [7, 11) is 1.88. The van der Waals surface area contributed by atoms with Gasteiger partial charge in [0.15, 0.2) is 0 Å². The van der Waals surface area contributed by atoms with E-state index >= 15 is 0 Å². The van der Waals surface area contributed by atoms with Crippen LogP contribution in [0.15, 0.2) is 24.3 Å². The van der Waals surface area contributed by atoms with Crippen molar-refractivity contribution >= 4 is 0 Å². The third kappa shape index (κ3) is 5.21. The van der Waals surface area contributed by atoms with Crippen LogP contribution in [0.1, 0.15) is 45.1 Å². The van der Waals surface area contributed by atoms with Gasteiger partial charge in [-0.3, -0.25) is 0 Å². The van der Waals surface area contributed by atoms with Gasteiger partial charge in [-0.25, -0.2) is 0 Å². The number of hydrogen-bond donors (Lipinski definition) is 2. The summed E-state index contributed by atoms with van der Waals surface area (Å²) in [6.45, 7) is 7.21. The zero-order valence-electron chi connectivity index (χ0n) is 12.6. The van der Waals surface area contributed by atoms with Crippen LogP contribution in [0, 0.1) is 0 Å². The molecule has 0 fully saturated rings. The van der Waals surface area contributed by atoms with Crippen LogP contribution in [0.5, 0.6) is 5.75 Å². The standard InChI is InChI=1S/C16H27NO2/c1-13(2)14-6-8-15(9-7-14)19-11-5-10-16(3,12-18)17-4/h6-9,13,17-18H,5,10-12H2,1-4H3. The number of hydrogen-bond acceptors (Lipinski definition) is 3. The van der Waals surface area contributed by atoms with E-state index in [1.807, 2.05) is 26.1 Å². The maximum absolute atomic E-state index is 9.28. The van der Waals surface area contributed by atoms with Gasteiger partial charge in [0.1, 0.15) is 5.75 Å². The summed E-state index contributed by atoms with van der Waals surface area (Å²) in [6, 6.07) is 8.29. The van der Waals surface area contributed by atoms with E-state index < -0.39 is 0 Å². The van der Waals surface area contributed by atoms with Gasteiger partial charge < -0.3 is 15.2 Å².